The van der Waals surface area contributed by atoms with E-state index in [4.69, 9.17) is 39.8 Å². The number of nitrogens with zero attached hydrogens (tertiary/aromatic N) is 2. The van der Waals surface area contributed by atoms with Crippen LogP contribution in [0, 0.1) is 5.82 Å². The van der Waals surface area contributed by atoms with Crippen LogP contribution in [0.15, 0.2) is 83.4 Å². The molecule has 1 fully saturated rings. The van der Waals surface area contributed by atoms with Crippen molar-refractivity contribution in [1.82, 2.24) is 10.3 Å². The van der Waals surface area contributed by atoms with Crippen LogP contribution < -0.4 is 10.2 Å². The van der Waals surface area contributed by atoms with Crippen molar-refractivity contribution in [3.05, 3.63) is 106 Å². The normalized spacial score (nSPS) is 18.1. The van der Waals surface area contributed by atoms with Gasteiger partial charge in [-0.2, -0.15) is 0 Å². The van der Waals surface area contributed by atoms with E-state index < -0.39 is 0 Å². The number of hydrogen-bond donors (Lipinski definition) is 1. The maximum atomic E-state index is 13.6. The molecule has 1 aliphatic heterocycles. The molecule has 2 aromatic carbocycles. The number of furan rings is 1. The predicted molar refractivity (Wildman–Crippen MR) is 128 cm³/mol. The highest BCUT2D eigenvalue weighted by molar-refractivity contribution is 7.80. The van der Waals surface area contributed by atoms with Crippen LogP contribution in [0.25, 0.3) is 11.3 Å². The zero-order valence-electron chi connectivity index (χ0n) is 16.5. The van der Waals surface area contributed by atoms with Gasteiger partial charge in [-0.1, -0.05) is 35.3 Å². The van der Waals surface area contributed by atoms with Crippen molar-refractivity contribution in [2.45, 2.75) is 12.1 Å². The SMILES string of the molecule is Fc1ccc(N2C(=S)N[C@H](c3ccccn3)[C@@H]2c2ccc(-c3cccc(Cl)c3Cl)o2)cc1. The van der Waals surface area contributed by atoms with Crippen LogP contribution in [-0.4, -0.2) is 10.1 Å². The van der Waals surface area contributed by atoms with Crippen LogP contribution >= 0.6 is 35.4 Å². The van der Waals surface area contributed by atoms with Gasteiger partial charge in [0.05, 0.1) is 21.8 Å². The molecule has 0 amide bonds. The Labute approximate surface area is 199 Å². The largest absolute Gasteiger partial charge is 0.459 e. The molecule has 5 rings (SSSR count). The zero-order valence-corrected chi connectivity index (χ0v) is 18.8. The molecule has 1 aliphatic rings. The molecule has 0 radical (unpaired) electrons. The molecule has 3 heterocycles. The monoisotopic (exact) mass is 483 g/mol. The van der Waals surface area contributed by atoms with E-state index in [9.17, 15) is 4.39 Å². The first kappa shape index (κ1) is 20.9. The number of benzene rings is 2. The number of halogens is 3. The molecular weight excluding hydrogens is 468 g/mol. The van der Waals surface area contributed by atoms with Crippen molar-refractivity contribution in [3.8, 4) is 11.3 Å². The summed E-state index contributed by atoms with van der Waals surface area (Å²) < 4.78 is 19.9. The fraction of sp³-hybridized carbons (Fsp3) is 0.0833. The summed E-state index contributed by atoms with van der Waals surface area (Å²) in [5, 5.41) is 4.71. The molecule has 1 N–H and O–H groups in total. The topological polar surface area (TPSA) is 41.3 Å². The number of rotatable bonds is 4. The third-order valence-corrected chi connectivity index (χ3v) is 6.47. The van der Waals surface area contributed by atoms with E-state index >= 15 is 0 Å². The van der Waals surface area contributed by atoms with Gasteiger partial charge >= 0.3 is 0 Å². The second-order valence-corrected chi connectivity index (χ2v) is 8.45. The third kappa shape index (κ3) is 3.75. The van der Waals surface area contributed by atoms with Gasteiger partial charge < -0.3 is 14.6 Å². The average Bonchev–Trinajstić information content (AvgIpc) is 3.41. The van der Waals surface area contributed by atoms with Crippen LogP contribution in [0.1, 0.15) is 23.5 Å². The van der Waals surface area contributed by atoms with E-state index in [1.165, 1.54) is 12.1 Å². The maximum Gasteiger partial charge on any atom is 0.174 e. The molecule has 2 aromatic heterocycles. The Morgan fingerprint density at radius 1 is 0.969 bits per heavy atom. The van der Waals surface area contributed by atoms with Gasteiger partial charge in [0.25, 0.3) is 0 Å². The van der Waals surface area contributed by atoms with E-state index in [-0.39, 0.29) is 17.9 Å². The van der Waals surface area contributed by atoms with Gasteiger partial charge in [0.2, 0.25) is 0 Å². The lowest BCUT2D eigenvalue weighted by Crippen LogP contribution is -2.29. The molecule has 2 atom stereocenters. The second-order valence-electron chi connectivity index (χ2n) is 7.28. The molecule has 0 unspecified atom stereocenters. The van der Waals surface area contributed by atoms with Gasteiger partial charge in [0.1, 0.15) is 23.4 Å². The number of thiocarbonyl (C=S) groups is 1. The highest BCUT2D eigenvalue weighted by Gasteiger charge is 2.42. The van der Waals surface area contributed by atoms with Crippen LogP contribution in [0.4, 0.5) is 10.1 Å². The van der Waals surface area contributed by atoms with Gasteiger partial charge in [-0.05, 0) is 72.9 Å². The number of hydrogen-bond acceptors (Lipinski definition) is 3. The van der Waals surface area contributed by atoms with Gasteiger partial charge in [0.15, 0.2) is 5.11 Å². The number of aromatic nitrogens is 1. The van der Waals surface area contributed by atoms with E-state index in [1.54, 1.807) is 24.4 Å². The summed E-state index contributed by atoms with van der Waals surface area (Å²) in [4.78, 5) is 6.43. The lowest BCUT2D eigenvalue weighted by molar-refractivity contribution is 0.439. The van der Waals surface area contributed by atoms with Crippen molar-refractivity contribution in [1.29, 1.82) is 0 Å². The van der Waals surface area contributed by atoms with E-state index in [0.29, 0.717) is 32.2 Å². The first-order valence-electron chi connectivity index (χ1n) is 9.83. The van der Waals surface area contributed by atoms with Gasteiger partial charge in [-0.25, -0.2) is 4.39 Å². The highest BCUT2D eigenvalue weighted by atomic mass is 35.5. The minimum Gasteiger partial charge on any atom is -0.459 e. The molecule has 4 nitrogen and oxygen atoms in total. The summed E-state index contributed by atoms with van der Waals surface area (Å²) in [5.74, 6) is 0.924. The van der Waals surface area contributed by atoms with Gasteiger partial charge in [-0.15, -0.1) is 0 Å². The maximum absolute atomic E-state index is 13.6. The minimum absolute atomic E-state index is 0.275. The van der Waals surface area contributed by atoms with Gasteiger partial charge in [-0.3, -0.25) is 4.98 Å². The molecule has 0 saturated carbocycles. The molecule has 4 aromatic rings. The van der Waals surface area contributed by atoms with Crippen LogP contribution in [-0.2, 0) is 0 Å². The fourth-order valence-electron chi connectivity index (χ4n) is 3.87. The third-order valence-electron chi connectivity index (χ3n) is 5.34. The minimum atomic E-state index is -0.352. The van der Waals surface area contributed by atoms with Gasteiger partial charge in [0, 0.05) is 17.4 Å². The van der Waals surface area contributed by atoms with Crippen molar-refractivity contribution < 1.29 is 8.81 Å². The second kappa shape index (κ2) is 8.54. The molecule has 160 valence electrons. The Kier molecular flexibility index (Phi) is 5.59. The standard InChI is InChI=1S/C24H16Cl2FN3OS/c25-17-5-3-4-16(21(17)26)19-11-12-20(31-19)23-22(18-6-1-2-13-28-18)29-24(32)30(23)15-9-7-14(27)8-10-15/h1-13,22-23H,(H,29,32)/t22-,23+/m1/s1. The lowest BCUT2D eigenvalue weighted by atomic mass is 10.0. The van der Waals surface area contributed by atoms with E-state index in [0.717, 1.165) is 11.4 Å². The smallest absolute Gasteiger partial charge is 0.174 e. The Morgan fingerprint density at radius 3 is 2.53 bits per heavy atom. The number of nitrogens with one attached hydrogen (secondary N) is 1. The Balaban J connectivity index is 1.61. The summed E-state index contributed by atoms with van der Waals surface area (Å²) in [7, 11) is 0. The highest BCUT2D eigenvalue weighted by Crippen LogP contribution is 2.43. The molecule has 8 heteroatoms. The molecule has 32 heavy (non-hydrogen) atoms. The van der Waals surface area contributed by atoms with Crippen LogP contribution in [0.5, 0.6) is 0 Å². The first-order valence-corrected chi connectivity index (χ1v) is 11.0. The number of anilines is 1. The quantitative estimate of drug-likeness (QED) is 0.317. The average molecular weight is 484 g/mol. The van der Waals surface area contributed by atoms with Crippen LogP contribution in [0.3, 0.4) is 0 Å². The lowest BCUT2D eigenvalue weighted by Gasteiger charge is -2.26. The molecular formula is C24H16Cl2FN3OS. The summed E-state index contributed by atoms with van der Waals surface area (Å²) in [6.45, 7) is 0. The number of pyridine rings is 1. The molecule has 1 saturated heterocycles. The summed E-state index contributed by atoms with van der Waals surface area (Å²) >= 11 is 18.3. The van der Waals surface area contributed by atoms with Crippen molar-refractivity contribution >= 4 is 46.2 Å². The Hall–Kier alpha value is -2.93. The van der Waals surface area contributed by atoms with Crippen molar-refractivity contribution in [3.63, 3.8) is 0 Å². The first-order chi connectivity index (χ1) is 15.5. The predicted octanol–water partition coefficient (Wildman–Crippen LogP) is 6.96. The fourth-order valence-corrected chi connectivity index (χ4v) is 4.61. The van der Waals surface area contributed by atoms with Crippen molar-refractivity contribution in [2.24, 2.45) is 0 Å². The van der Waals surface area contributed by atoms with Crippen molar-refractivity contribution in [2.75, 3.05) is 4.90 Å². The molecule has 0 spiro atoms. The summed E-state index contributed by atoms with van der Waals surface area (Å²) in [6, 6.07) is 20.4. The summed E-state index contributed by atoms with van der Waals surface area (Å²) in [6.07, 6.45) is 1.73. The summed E-state index contributed by atoms with van der Waals surface area (Å²) in [5.41, 5.74) is 2.25. The van der Waals surface area contributed by atoms with Crippen LogP contribution in [0.2, 0.25) is 10.0 Å². The Morgan fingerprint density at radius 2 is 1.78 bits per heavy atom. The van der Waals surface area contributed by atoms with E-state index in [2.05, 4.69) is 10.3 Å². The molecule has 0 bridgehead atoms. The Bertz CT molecular complexity index is 1280. The zero-order chi connectivity index (χ0) is 22.2. The van der Waals surface area contributed by atoms with E-state index in [1.807, 2.05) is 47.4 Å². The molecule has 0 aliphatic carbocycles.